The molecular formula is C20H26N4O. The summed E-state index contributed by atoms with van der Waals surface area (Å²) < 4.78 is 2.20. The summed E-state index contributed by atoms with van der Waals surface area (Å²) in [5.41, 5.74) is 3.18. The first-order valence-electron chi connectivity index (χ1n) is 9.35. The summed E-state index contributed by atoms with van der Waals surface area (Å²) in [6.45, 7) is 5.64. The normalized spacial score (nSPS) is 20.0. The van der Waals surface area contributed by atoms with Crippen molar-refractivity contribution in [2.24, 2.45) is 5.92 Å². The number of nitrogens with one attached hydrogen (secondary N) is 1. The monoisotopic (exact) mass is 338 g/mol. The van der Waals surface area contributed by atoms with Gasteiger partial charge in [-0.15, -0.1) is 0 Å². The zero-order valence-corrected chi connectivity index (χ0v) is 14.9. The summed E-state index contributed by atoms with van der Waals surface area (Å²) in [6, 6.07) is 6.14. The van der Waals surface area contributed by atoms with Crippen LogP contribution in [0, 0.1) is 12.8 Å². The predicted octanol–water partition coefficient (Wildman–Crippen LogP) is 3.10. The maximum atomic E-state index is 13.2. The number of nitrogens with zero attached hydrogens (tertiary/aromatic N) is 3. The largest absolute Gasteiger partial charge is 0.384 e. The average Bonchev–Trinajstić information content (AvgIpc) is 3.05. The summed E-state index contributed by atoms with van der Waals surface area (Å²) in [6.07, 6.45) is 8.34. The number of amides is 1. The highest BCUT2D eigenvalue weighted by Crippen LogP contribution is 2.28. The molecule has 132 valence electrons. The molecule has 1 atom stereocenters. The smallest absolute Gasteiger partial charge is 0.255 e. The third-order valence-corrected chi connectivity index (χ3v) is 5.49. The molecule has 2 aromatic rings. The van der Waals surface area contributed by atoms with E-state index >= 15 is 0 Å². The summed E-state index contributed by atoms with van der Waals surface area (Å²) in [4.78, 5) is 19.5. The van der Waals surface area contributed by atoms with Gasteiger partial charge in [0.15, 0.2) is 0 Å². The molecule has 0 radical (unpaired) electrons. The number of hydrogen-bond acceptors (Lipinski definition) is 3. The first-order valence-corrected chi connectivity index (χ1v) is 9.35. The van der Waals surface area contributed by atoms with Crippen molar-refractivity contribution in [2.45, 2.75) is 39.2 Å². The van der Waals surface area contributed by atoms with Crippen LogP contribution in [0.3, 0.4) is 0 Å². The maximum Gasteiger partial charge on any atom is 0.255 e. The number of carbonyl (C=O) groups is 1. The van der Waals surface area contributed by atoms with E-state index in [1.807, 2.05) is 36.4 Å². The second kappa shape index (κ2) is 6.90. The van der Waals surface area contributed by atoms with E-state index in [-0.39, 0.29) is 5.91 Å². The number of para-hydroxylation sites is 1. The molecule has 1 aromatic heterocycles. The number of aryl methyl sites for hydroxylation is 2. The number of benzene rings is 1. The van der Waals surface area contributed by atoms with Crippen LogP contribution < -0.4 is 5.32 Å². The van der Waals surface area contributed by atoms with E-state index < -0.39 is 0 Å². The Morgan fingerprint density at radius 1 is 1.36 bits per heavy atom. The van der Waals surface area contributed by atoms with Crippen molar-refractivity contribution < 1.29 is 4.79 Å². The number of anilines is 1. The molecule has 0 unspecified atom stereocenters. The Bertz CT molecular complexity index is 767. The molecule has 1 saturated heterocycles. The molecule has 0 bridgehead atoms. The quantitative estimate of drug-likeness (QED) is 0.935. The van der Waals surface area contributed by atoms with Crippen molar-refractivity contribution in [3.63, 3.8) is 0 Å². The van der Waals surface area contributed by atoms with E-state index in [0.717, 1.165) is 62.5 Å². The van der Waals surface area contributed by atoms with Crippen LogP contribution in [0.2, 0.25) is 0 Å². The fourth-order valence-electron chi connectivity index (χ4n) is 4.13. The average molecular weight is 338 g/mol. The SMILES string of the molecule is Cc1nccn1C[C@@H]1CCCN(C(=O)c2cccc3c2NCCC3)C1. The van der Waals surface area contributed by atoms with Crippen LogP contribution in [0.1, 0.15) is 41.0 Å². The molecule has 0 saturated carbocycles. The maximum absolute atomic E-state index is 13.2. The Labute approximate surface area is 149 Å². The Hall–Kier alpha value is -2.30. The van der Waals surface area contributed by atoms with Gasteiger partial charge in [-0.2, -0.15) is 0 Å². The summed E-state index contributed by atoms with van der Waals surface area (Å²) in [5.74, 6) is 1.72. The number of fused-ring (bicyclic) bond motifs is 1. The lowest BCUT2D eigenvalue weighted by Crippen LogP contribution is -2.41. The highest BCUT2D eigenvalue weighted by atomic mass is 16.2. The van der Waals surface area contributed by atoms with Crippen molar-refractivity contribution >= 4 is 11.6 Å². The molecule has 0 spiro atoms. The third kappa shape index (κ3) is 3.28. The zero-order valence-electron chi connectivity index (χ0n) is 14.9. The minimum atomic E-state index is 0.179. The fraction of sp³-hybridized carbons (Fsp3) is 0.500. The van der Waals surface area contributed by atoms with Gasteiger partial charge in [0.05, 0.1) is 11.3 Å². The Morgan fingerprint density at radius 3 is 3.12 bits per heavy atom. The third-order valence-electron chi connectivity index (χ3n) is 5.49. The van der Waals surface area contributed by atoms with Crippen LogP contribution >= 0.6 is 0 Å². The number of likely N-dealkylation sites (tertiary alicyclic amines) is 1. The van der Waals surface area contributed by atoms with Gasteiger partial charge in [-0.3, -0.25) is 4.79 Å². The molecule has 0 aliphatic carbocycles. The predicted molar refractivity (Wildman–Crippen MR) is 98.8 cm³/mol. The van der Waals surface area contributed by atoms with E-state index in [1.165, 1.54) is 12.0 Å². The van der Waals surface area contributed by atoms with Gasteiger partial charge in [0.25, 0.3) is 5.91 Å². The standard InChI is InChI=1S/C20H26N4O/c1-15-21-10-12-23(15)13-16-5-4-11-24(14-16)20(25)18-8-2-6-17-7-3-9-22-19(17)18/h2,6,8,10,12,16,22H,3-5,7,9,11,13-14H2,1H3/t16-/m0/s1. The lowest BCUT2D eigenvalue weighted by Gasteiger charge is -2.34. The van der Waals surface area contributed by atoms with Gasteiger partial charge in [-0.05, 0) is 50.2 Å². The summed E-state index contributed by atoms with van der Waals surface area (Å²) in [5, 5.41) is 3.45. The molecule has 25 heavy (non-hydrogen) atoms. The number of piperidine rings is 1. The lowest BCUT2D eigenvalue weighted by atomic mass is 9.95. The molecular weight excluding hydrogens is 312 g/mol. The highest BCUT2D eigenvalue weighted by Gasteiger charge is 2.27. The van der Waals surface area contributed by atoms with Gasteiger partial charge in [0, 0.05) is 38.6 Å². The van der Waals surface area contributed by atoms with Gasteiger partial charge in [0.2, 0.25) is 0 Å². The molecule has 1 aromatic carbocycles. The fourth-order valence-corrected chi connectivity index (χ4v) is 4.13. The van der Waals surface area contributed by atoms with Gasteiger partial charge >= 0.3 is 0 Å². The van der Waals surface area contributed by atoms with Crippen LogP contribution in [-0.4, -0.2) is 40.0 Å². The minimum absolute atomic E-state index is 0.179. The van der Waals surface area contributed by atoms with E-state index in [4.69, 9.17) is 0 Å². The van der Waals surface area contributed by atoms with Gasteiger partial charge in [0.1, 0.15) is 5.82 Å². The Balaban J connectivity index is 1.50. The molecule has 2 aliphatic heterocycles. The number of imidazole rings is 1. The lowest BCUT2D eigenvalue weighted by molar-refractivity contribution is 0.0663. The van der Waals surface area contributed by atoms with Crippen molar-refractivity contribution in [3.05, 3.63) is 47.5 Å². The summed E-state index contributed by atoms with van der Waals surface area (Å²) in [7, 11) is 0. The molecule has 3 heterocycles. The van der Waals surface area contributed by atoms with Crippen LogP contribution in [0.5, 0.6) is 0 Å². The molecule has 4 rings (SSSR count). The van der Waals surface area contributed by atoms with Crippen molar-refractivity contribution in [1.82, 2.24) is 14.5 Å². The van der Waals surface area contributed by atoms with E-state index in [1.54, 1.807) is 0 Å². The van der Waals surface area contributed by atoms with Crippen LogP contribution in [0.4, 0.5) is 5.69 Å². The van der Waals surface area contributed by atoms with Crippen molar-refractivity contribution in [3.8, 4) is 0 Å². The zero-order chi connectivity index (χ0) is 17.2. The molecule has 5 heteroatoms. The van der Waals surface area contributed by atoms with Crippen LogP contribution in [0.15, 0.2) is 30.6 Å². The number of rotatable bonds is 3. The number of carbonyl (C=O) groups excluding carboxylic acids is 1. The molecule has 1 N–H and O–H groups in total. The topological polar surface area (TPSA) is 50.2 Å². The Morgan fingerprint density at radius 2 is 2.28 bits per heavy atom. The van der Waals surface area contributed by atoms with Crippen LogP contribution in [0.25, 0.3) is 0 Å². The number of aromatic nitrogens is 2. The van der Waals surface area contributed by atoms with Gasteiger partial charge in [-0.25, -0.2) is 4.98 Å². The van der Waals surface area contributed by atoms with E-state index in [9.17, 15) is 4.79 Å². The molecule has 1 fully saturated rings. The van der Waals surface area contributed by atoms with E-state index in [0.29, 0.717) is 5.92 Å². The van der Waals surface area contributed by atoms with Gasteiger partial charge < -0.3 is 14.8 Å². The second-order valence-corrected chi connectivity index (χ2v) is 7.26. The molecule has 2 aliphatic rings. The van der Waals surface area contributed by atoms with Crippen molar-refractivity contribution in [1.29, 1.82) is 0 Å². The number of hydrogen-bond donors (Lipinski definition) is 1. The molecule has 5 nitrogen and oxygen atoms in total. The summed E-state index contributed by atoms with van der Waals surface area (Å²) >= 11 is 0. The van der Waals surface area contributed by atoms with Crippen LogP contribution in [-0.2, 0) is 13.0 Å². The first-order chi connectivity index (χ1) is 12.2. The van der Waals surface area contributed by atoms with E-state index in [2.05, 4.69) is 20.9 Å². The Kier molecular flexibility index (Phi) is 4.47. The minimum Gasteiger partial charge on any atom is -0.384 e. The molecule has 1 amide bonds. The first kappa shape index (κ1) is 16.2. The van der Waals surface area contributed by atoms with Crippen molar-refractivity contribution in [2.75, 3.05) is 25.0 Å². The second-order valence-electron chi connectivity index (χ2n) is 7.26. The highest BCUT2D eigenvalue weighted by molar-refractivity contribution is 6.00. The van der Waals surface area contributed by atoms with Gasteiger partial charge in [-0.1, -0.05) is 12.1 Å².